The van der Waals surface area contributed by atoms with Crippen LogP contribution in [0.5, 0.6) is 11.5 Å². The van der Waals surface area contributed by atoms with Gasteiger partial charge in [0, 0.05) is 23.9 Å². The molecule has 0 N–H and O–H groups in total. The Bertz CT molecular complexity index is 676. The van der Waals surface area contributed by atoms with E-state index >= 15 is 0 Å². The average molecular weight is 286 g/mol. The zero-order valence-corrected chi connectivity index (χ0v) is 12.4. The Morgan fingerprint density at radius 1 is 1.43 bits per heavy atom. The highest BCUT2D eigenvalue weighted by molar-refractivity contribution is 6.00. The topological polar surface area (TPSA) is 53.4 Å². The van der Waals surface area contributed by atoms with Crippen molar-refractivity contribution in [1.82, 2.24) is 9.78 Å². The fourth-order valence-corrected chi connectivity index (χ4v) is 2.42. The van der Waals surface area contributed by atoms with Crippen LogP contribution in [0.3, 0.4) is 0 Å². The molecule has 2 heterocycles. The number of fused-ring (bicyclic) bond motifs is 1. The molecule has 1 aliphatic rings. The lowest BCUT2D eigenvalue weighted by atomic mass is 9.98. The third-order valence-corrected chi connectivity index (χ3v) is 3.65. The van der Waals surface area contributed by atoms with Crippen LogP contribution in [0.1, 0.15) is 48.3 Å². The van der Waals surface area contributed by atoms with Gasteiger partial charge < -0.3 is 9.47 Å². The molecule has 1 atom stereocenters. The molecule has 21 heavy (non-hydrogen) atoms. The lowest BCUT2D eigenvalue weighted by molar-refractivity contribution is 0.0849. The summed E-state index contributed by atoms with van der Waals surface area (Å²) < 4.78 is 13.0. The number of nitrogens with zero attached hydrogens (tertiary/aromatic N) is 2. The lowest BCUT2D eigenvalue weighted by Gasteiger charge is -2.24. The Morgan fingerprint density at radius 2 is 2.24 bits per heavy atom. The second kappa shape index (κ2) is 5.24. The molecule has 0 saturated carbocycles. The van der Waals surface area contributed by atoms with Crippen molar-refractivity contribution in [3.8, 4) is 11.5 Å². The molecule has 0 bridgehead atoms. The average Bonchev–Trinajstić information content (AvgIpc) is 2.96. The number of ketones is 1. The number of aromatic nitrogens is 2. The van der Waals surface area contributed by atoms with E-state index in [-0.39, 0.29) is 17.9 Å². The number of methoxy groups -OCH3 is 1. The first kappa shape index (κ1) is 13.7. The minimum atomic E-state index is -0.287. The summed E-state index contributed by atoms with van der Waals surface area (Å²) in [6, 6.07) is 5.57. The van der Waals surface area contributed by atoms with Gasteiger partial charge in [-0.1, -0.05) is 0 Å². The molecule has 2 aromatic rings. The monoisotopic (exact) mass is 286 g/mol. The minimum absolute atomic E-state index is 0.0844. The van der Waals surface area contributed by atoms with Crippen LogP contribution in [-0.2, 0) is 0 Å². The van der Waals surface area contributed by atoms with E-state index in [4.69, 9.17) is 9.47 Å². The van der Waals surface area contributed by atoms with Crippen molar-refractivity contribution in [2.24, 2.45) is 0 Å². The highest BCUT2D eigenvalue weighted by Crippen LogP contribution is 2.36. The van der Waals surface area contributed by atoms with Gasteiger partial charge in [-0.05, 0) is 26.0 Å². The molecule has 0 saturated heterocycles. The van der Waals surface area contributed by atoms with Crippen LogP contribution in [0.2, 0.25) is 0 Å². The van der Waals surface area contributed by atoms with Crippen LogP contribution in [-0.4, -0.2) is 22.7 Å². The standard InChI is InChI=1S/C16H18N2O3/c1-10(2)18-9-11(8-17-18)15-7-14(19)13-5-4-12(20-3)6-16(13)21-15/h4-6,8-10,15H,7H2,1-3H3. The van der Waals surface area contributed by atoms with Crippen molar-refractivity contribution in [2.75, 3.05) is 7.11 Å². The summed E-state index contributed by atoms with van der Waals surface area (Å²) in [6.45, 7) is 4.12. The number of benzene rings is 1. The summed E-state index contributed by atoms with van der Waals surface area (Å²) in [5.74, 6) is 1.34. The van der Waals surface area contributed by atoms with Crippen LogP contribution in [0.4, 0.5) is 0 Å². The van der Waals surface area contributed by atoms with Crippen molar-refractivity contribution in [2.45, 2.75) is 32.4 Å². The second-order valence-corrected chi connectivity index (χ2v) is 5.44. The Balaban J connectivity index is 1.91. The Kier molecular flexibility index (Phi) is 3.41. The van der Waals surface area contributed by atoms with E-state index in [1.165, 1.54) is 0 Å². The lowest BCUT2D eigenvalue weighted by Crippen LogP contribution is -2.20. The summed E-state index contributed by atoms with van der Waals surface area (Å²) in [6.07, 6.45) is 3.75. The van der Waals surface area contributed by atoms with Gasteiger partial charge in [0.15, 0.2) is 5.78 Å². The van der Waals surface area contributed by atoms with Gasteiger partial charge in [-0.15, -0.1) is 0 Å². The molecule has 5 heteroatoms. The van der Waals surface area contributed by atoms with Crippen LogP contribution < -0.4 is 9.47 Å². The number of Topliss-reactive ketones (excluding diaryl/α,β-unsaturated/α-hetero) is 1. The van der Waals surface area contributed by atoms with Gasteiger partial charge in [0.05, 0.1) is 25.3 Å². The van der Waals surface area contributed by atoms with E-state index in [1.807, 2.05) is 10.9 Å². The molecule has 1 aromatic carbocycles. The molecular formula is C16H18N2O3. The molecule has 1 aromatic heterocycles. The molecule has 1 aliphatic heterocycles. The highest BCUT2D eigenvalue weighted by atomic mass is 16.5. The van der Waals surface area contributed by atoms with Crippen molar-refractivity contribution < 1.29 is 14.3 Å². The van der Waals surface area contributed by atoms with Crippen molar-refractivity contribution in [1.29, 1.82) is 0 Å². The molecule has 5 nitrogen and oxygen atoms in total. The molecule has 0 radical (unpaired) electrons. The molecule has 0 spiro atoms. The first-order chi connectivity index (χ1) is 10.1. The molecule has 110 valence electrons. The zero-order valence-electron chi connectivity index (χ0n) is 12.4. The van der Waals surface area contributed by atoms with Gasteiger partial charge in [-0.2, -0.15) is 5.10 Å². The third kappa shape index (κ3) is 2.51. The van der Waals surface area contributed by atoms with Gasteiger partial charge in [0.2, 0.25) is 0 Å². The van der Waals surface area contributed by atoms with E-state index in [1.54, 1.807) is 31.5 Å². The van der Waals surface area contributed by atoms with E-state index in [0.717, 1.165) is 5.56 Å². The first-order valence-corrected chi connectivity index (χ1v) is 7.00. The number of carbonyl (C=O) groups excluding carboxylic acids is 1. The van der Waals surface area contributed by atoms with Gasteiger partial charge in [0.25, 0.3) is 0 Å². The quantitative estimate of drug-likeness (QED) is 0.869. The van der Waals surface area contributed by atoms with E-state index in [2.05, 4.69) is 18.9 Å². The van der Waals surface area contributed by atoms with Gasteiger partial charge >= 0.3 is 0 Å². The maximum atomic E-state index is 12.3. The molecule has 1 unspecified atom stereocenters. The zero-order chi connectivity index (χ0) is 15.0. The van der Waals surface area contributed by atoms with Gasteiger partial charge in [-0.25, -0.2) is 0 Å². The van der Waals surface area contributed by atoms with Crippen molar-refractivity contribution in [3.05, 3.63) is 41.7 Å². The summed E-state index contributed by atoms with van der Waals surface area (Å²) in [4.78, 5) is 12.3. The summed E-state index contributed by atoms with van der Waals surface area (Å²) in [7, 11) is 1.59. The fraction of sp³-hybridized carbons (Fsp3) is 0.375. The smallest absolute Gasteiger partial charge is 0.170 e. The van der Waals surface area contributed by atoms with E-state index < -0.39 is 0 Å². The number of ether oxygens (including phenoxy) is 2. The Labute approximate surface area is 123 Å². The molecule has 3 rings (SSSR count). The summed E-state index contributed by atoms with van der Waals surface area (Å²) in [5, 5.41) is 4.31. The van der Waals surface area contributed by atoms with Crippen LogP contribution in [0.25, 0.3) is 0 Å². The van der Waals surface area contributed by atoms with Crippen LogP contribution in [0, 0.1) is 0 Å². The molecule has 0 aliphatic carbocycles. The predicted molar refractivity (Wildman–Crippen MR) is 77.9 cm³/mol. The summed E-state index contributed by atoms with van der Waals surface area (Å²) in [5.41, 5.74) is 1.54. The van der Waals surface area contributed by atoms with E-state index in [0.29, 0.717) is 23.5 Å². The fourth-order valence-electron chi connectivity index (χ4n) is 2.42. The first-order valence-electron chi connectivity index (χ1n) is 7.00. The number of rotatable bonds is 3. The highest BCUT2D eigenvalue weighted by Gasteiger charge is 2.29. The Hall–Kier alpha value is -2.30. The molecule has 0 amide bonds. The largest absolute Gasteiger partial charge is 0.497 e. The third-order valence-electron chi connectivity index (χ3n) is 3.65. The van der Waals surface area contributed by atoms with E-state index in [9.17, 15) is 4.79 Å². The number of carbonyl (C=O) groups is 1. The maximum Gasteiger partial charge on any atom is 0.170 e. The normalized spacial score (nSPS) is 17.5. The summed E-state index contributed by atoms with van der Waals surface area (Å²) >= 11 is 0. The van der Waals surface area contributed by atoms with Crippen molar-refractivity contribution >= 4 is 5.78 Å². The van der Waals surface area contributed by atoms with Gasteiger partial charge in [-0.3, -0.25) is 9.48 Å². The van der Waals surface area contributed by atoms with Crippen molar-refractivity contribution in [3.63, 3.8) is 0 Å². The second-order valence-electron chi connectivity index (χ2n) is 5.44. The molecule has 0 fully saturated rings. The van der Waals surface area contributed by atoms with Crippen LogP contribution >= 0.6 is 0 Å². The minimum Gasteiger partial charge on any atom is -0.497 e. The maximum absolute atomic E-state index is 12.3. The number of hydrogen-bond acceptors (Lipinski definition) is 4. The predicted octanol–water partition coefficient (Wildman–Crippen LogP) is 3.18. The van der Waals surface area contributed by atoms with Gasteiger partial charge in [0.1, 0.15) is 17.6 Å². The van der Waals surface area contributed by atoms with Crippen LogP contribution in [0.15, 0.2) is 30.6 Å². The SMILES string of the molecule is COc1ccc2c(c1)OC(c1cnn(C(C)C)c1)CC2=O. The Morgan fingerprint density at radius 3 is 2.90 bits per heavy atom. The molecular weight excluding hydrogens is 268 g/mol. The number of hydrogen-bond donors (Lipinski definition) is 0.